The highest BCUT2D eigenvalue weighted by molar-refractivity contribution is 6.16. The van der Waals surface area contributed by atoms with E-state index in [-0.39, 0.29) is 5.88 Å². The van der Waals surface area contributed by atoms with E-state index in [9.17, 15) is 0 Å². The van der Waals surface area contributed by atoms with Crippen molar-refractivity contribution in [2.24, 2.45) is 0 Å². The van der Waals surface area contributed by atoms with Gasteiger partial charge in [-0.15, -0.1) is 11.6 Å². The number of rotatable bonds is 2. The number of nitrogens with zero attached hydrogens (tertiary/aromatic N) is 2. The first kappa shape index (κ1) is 9.04. The molecule has 0 unspecified atom stereocenters. The van der Waals surface area contributed by atoms with Crippen molar-refractivity contribution in [3.63, 3.8) is 0 Å². The van der Waals surface area contributed by atoms with Crippen LogP contribution in [0.1, 0.15) is 11.5 Å². The molecule has 3 nitrogen and oxygen atoms in total. The second kappa shape index (κ2) is 3.69. The molecule has 4 heteroatoms. The molecule has 14 heavy (non-hydrogen) atoms. The SMILES string of the molecule is N#CCc1cccc2oc(CCl)nc12. The van der Waals surface area contributed by atoms with Gasteiger partial charge in [0.1, 0.15) is 5.52 Å². The first-order chi connectivity index (χ1) is 6.85. The van der Waals surface area contributed by atoms with Crippen LogP contribution in [0.15, 0.2) is 22.6 Å². The molecule has 0 spiro atoms. The van der Waals surface area contributed by atoms with Crippen molar-refractivity contribution < 1.29 is 4.42 Å². The maximum absolute atomic E-state index is 8.61. The minimum atomic E-state index is 0.251. The molecule has 0 atom stereocenters. The number of benzene rings is 1. The van der Waals surface area contributed by atoms with E-state index in [1.165, 1.54) is 0 Å². The lowest BCUT2D eigenvalue weighted by atomic mass is 10.1. The van der Waals surface area contributed by atoms with Gasteiger partial charge < -0.3 is 4.42 Å². The van der Waals surface area contributed by atoms with Crippen LogP contribution in [0.5, 0.6) is 0 Å². The van der Waals surface area contributed by atoms with Crippen LogP contribution in [0.2, 0.25) is 0 Å². The van der Waals surface area contributed by atoms with Crippen molar-refractivity contribution in [3.05, 3.63) is 29.7 Å². The van der Waals surface area contributed by atoms with Gasteiger partial charge in [0.2, 0.25) is 5.89 Å². The van der Waals surface area contributed by atoms with Gasteiger partial charge in [-0.25, -0.2) is 4.98 Å². The van der Waals surface area contributed by atoms with Crippen LogP contribution in [0.3, 0.4) is 0 Å². The minimum Gasteiger partial charge on any atom is -0.439 e. The van der Waals surface area contributed by atoms with Crippen LogP contribution in [-0.2, 0) is 12.3 Å². The van der Waals surface area contributed by atoms with Gasteiger partial charge in [-0.05, 0) is 11.6 Å². The molecule has 70 valence electrons. The Morgan fingerprint density at radius 2 is 2.36 bits per heavy atom. The summed E-state index contributed by atoms with van der Waals surface area (Å²) in [6, 6.07) is 7.62. The van der Waals surface area contributed by atoms with Crippen LogP contribution < -0.4 is 0 Å². The summed E-state index contributed by atoms with van der Waals surface area (Å²) in [5.41, 5.74) is 2.31. The van der Waals surface area contributed by atoms with Crippen LogP contribution in [0, 0.1) is 11.3 Å². The summed E-state index contributed by atoms with van der Waals surface area (Å²) in [6.07, 6.45) is 0.339. The average molecular weight is 207 g/mol. The van der Waals surface area contributed by atoms with E-state index in [0.717, 1.165) is 11.1 Å². The van der Waals surface area contributed by atoms with Crippen molar-refractivity contribution in [1.29, 1.82) is 5.26 Å². The molecule has 0 saturated carbocycles. The Labute approximate surface area is 85.9 Å². The molecule has 0 fully saturated rings. The summed E-state index contributed by atoms with van der Waals surface area (Å²) < 4.78 is 5.35. The zero-order valence-corrected chi connectivity index (χ0v) is 8.08. The molecule has 2 rings (SSSR count). The van der Waals surface area contributed by atoms with Gasteiger partial charge in [-0.2, -0.15) is 5.26 Å². The first-order valence-corrected chi connectivity index (χ1v) is 4.69. The van der Waals surface area contributed by atoms with Crippen molar-refractivity contribution in [2.45, 2.75) is 12.3 Å². The predicted molar refractivity (Wildman–Crippen MR) is 52.9 cm³/mol. The van der Waals surface area contributed by atoms with Crippen LogP contribution in [-0.4, -0.2) is 4.98 Å². The van der Waals surface area contributed by atoms with E-state index in [1.807, 2.05) is 18.2 Å². The Kier molecular flexibility index (Phi) is 2.38. The third-order valence-corrected chi connectivity index (χ3v) is 2.16. The summed E-state index contributed by atoms with van der Waals surface area (Å²) >= 11 is 5.61. The molecule has 1 aromatic heterocycles. The van der Waals surface area contributed by atoms with Gasteiger partial charge in [0, 0.05) is 0 Å². The lowest BCUT2D eigenvalue weighted by Gasteiger charge is -1.92. The zero-order chi connectivity index (χ0) is 9.97. The number of para-hydroxylation sites is 1. The Morgan fingerprint density at radius 1 is 1.50 bits per heavy atom. The molecule has 0 N–H and O–H groups in total. The van der Waals surface area contributed by atoms with E-state index in [0.29, 0.717) is 17.9 Å². The number of oxazole rings is 1. The number of hydrogen-bond acceptors (Lipinski definition) is 3. The third-order valence-electron chi connectivity index (χ3n) is 1.93. The van der Waals surface area contributed by atoms with Gasteiger partial charge >= 0.3 is 0 Å². The molecule has 1 heterocycles. The summed E-state index contributed by atoms with van der Waals surface area (Å²) in [5.74, 6) is 0.743. The Balaban J connectivity index is 2.62. The number of halogens is 1. The Morgan fingerprint density at radius 3 is 3.07 bits per heavy atom. The number of fused-ring (bicyclic) bond motifs is 1. The van der Waals surface area contributed by atoms with E-state index >= 15 is 0 Å². The van der Waals surface area contributed by atoms with Crippen molar-refractivity contribution >= 4 is 22.7 Å². The van der Waals surface area contributed by atoms with E-state index in [1.54, 1.807) is 0 Å². The smallest absolute Gasteiger partial charge is 0.210 e. The normalized spacial score (nSPS) is 10.3. The lowest BCUT2D eigenvalue weighted by Crippen LogP contribution is -1.83. The minimum absolute atomic E-state index is 0.251. The molecule has 0 saturated heterocycles. The van der Waals surface area contributed by atoms with Crippen molar-refractivity contribution in [2.75, 3.05) is 0 Å². The summed E-state index contributed by atoms with van der Waals surface area (Å²) in [7, 11) is 0. The molecular weight excluding hydrogens is 200 g/mol. The predicted octanol–water partition coefficient (Wildman–Crippen LogP) is 2.63. The van der Waals surface area contributed by atoms with Crippen LogP contribution >= 0.6 is 11.6 Å². The monoisotopic (exact) mass is 206 g/mol. The molecule has 0 radical (unpaired) electrons. The fourth-order valence-electron chi connectivity index (χ4n) is 1.34. The Hall–Kier alpha value is -1.53. The highest BCUT2D eigenvalue weighted by atomic mass is 35.5. The second-order valence-corrected chi connectivity index (χ2v) is 3.11. The molecule has 2 aromatic rings. The topological polar surface area (TPSA) is 49.8 Å². The summed E-state index contributed by atoms with van der Waals surface area (Å²) in [4.78, 5) is 4.20. The van der Waals surface area contributed by atoms with Gasteiger partial charge in [-0.1, -0.05) is 12.1 Å². The molecular formula is C10H7ClN2O. The van der Waals surface area contributed by atoms with Gasteiger partial charge in [0.05, 0.1) is 18.4 Å². The molecule has 1 aromatic carbocycles. The standard InChI is InChI=1S/C10H7ClN2O/c11-6-9-13-10-7(4-5-12)2-1-3-8(10)14-9/h1-3H,4,6H2. The van der Waals surface area contributed by atoms with E-state index < -0.39 is 0 Å². The van der Waals surface area contributed by atoms with Gasteiger partial charge in [-0.3, -0.25) is 0 Å². The maximum atomic E-state index is 8.61. The quantitative estimate of drug-likeness (QED) is 0.710. The molecule has 0 amide bonds. The van der Waals surface area contributed by atoms with Gasteiger partial charge in [0.15, 0.2) is 5.58 Å². The fraction of sp³-hybridized carbons (Fsp3) is 0.200. The van der Waals surface area contributed by atoms with Crippen LogP contribution in [0.25, 0.3) is 11.1 Å². The summed E-state index contributed by atoms with van der Waals surface area (Å²) in [5, 5.41) is 8.61. The van der Waals surface area contributed by atoms with E-state index in [4.69, 9.17) is 21.3 Å². The molecule has 0 aliphatic carbocycles. The fourth-order valence-corrected chi connectivity index (χ4v) is 1.45. The Bertz CT molecular complexity index is 498. The highest BCUT2D eigenvalue weighted by Gasteiger charge is 2.08. The van der Waals surface area contributed by atoms with Crippen molar-refractivity contribution in [1.82, 2.24) is 4.98 Å². The molecule has 0 aliphatic rings. The average Bonchev–Trinajstić information content (AvgIpc) is 2.62. The number of aromatic nitrogens is 1. The van der Waals surface area contributed by atoms with Crippen LogP contribution in [0.4, 0.5) is 0 Å². The second-order valence-electron chi connectivity index (χ2n) is 2.84. The largest absolute Gasteiger partial charge is 0.439 e. The van der Waals surface area contributed by atoms with Crippen molar-refractivity contribution in [3.8, 4) is 6.07 Å². The van der Waals surface area contributed by atoms with Gasteiger partial charge in [0.25, 0.3) is 0 Å². The van der Waals surface area contributed by atoms with E-state index in [2.05, 4.69) is 11.1 Å². The first-order valence-electron chi connectivity index (χ1n) is 4.15. The summed E-state index contributed by atoms with van der Waals surface area (Å²) in [6.45, 7) is 0. The zero-order valence-electron chi connectivity index (χ0n) is 7.33. The number of alkyl halides is 1. The molecule has 0 bridgehead atoms. The number of nitriles is 1. The highest BCUT2D eigenvalue weighted by Crippen LogP contribution is 2.20. The number of hydrogen-bond donors (Lipinski definition) is 0. The maximum Gasteiger partial charge on any atom is 0.210 e. The lowest BCUT2D eigenvalue weighted by molar-refractivity contribution is 0.555. The third kappa shape index (κ3) is 1.45. The molecule has 0 aliphatic heterocycles.